The quantitative estimate of drug-likeness (QED) is 0.743. The zero-order valence-corrected chi connectivity index (χ0v) is 13.5. The Morgan fingerprint density at radius 3 is 2.48 bits per heavy atom. The van der Waals surface area contributed by atoms with Crippen LogP contribution in [0.5, 0.6) is 0 Å². The van der Waals surface area contributed by atoms with Gasteiger partial charge in [0.1, 0.15) is 0 Å². The lowest BCUT2D eigenvalue weighted by Gasteiger charge is -2.15. The third kappa shape index (κ3) is 6.14. The summed E-state index contributed by atoms with van der Waals surface area (Å²) < 4.78 is 0. The molecule has 0 spiro atoms. The highest BCUT2D eigenvalue weighted by atomic mass is 35.5. The van der Waals surface area contributed by atoms with E-state index in [1.807, 2.05) is 13.0 Å². The molecular formula is C15H24ClN3O2. The summed E-state index contributed by atoms with van der Waals surface area (Å²) in [5.41, 5.74) is 7.17. The van der Waals surface area contributed by atoms with Gasteiger partial charge in [-0.2, -0.15) is 0 Å². The standard InChI is InChI=1S/C15H23N3O2.ClH/c1-4-17-15(20)13-7-5-6-12(8-13)9-18-14(19)10(2)11(3)16;/h5-8,10-11H,4,9,16H2,1-3H3,(H,17,20)(H,18,19);1H. The Balaban J connectivity index is 0.00000400. The van der Waals surface area contributed by atoms with Crippen LogP contribution in [0, 0.1) is 5.92 Å². The molecule has 0 saturated heterocycles. The zero-order valence-electron chi connectivity index (χ0n) is 12.7. The molecule has 0 fully saturated rings. The van der Waals surface area contributed by atoms with E-state index in [-0.39, 0.29) is 36.2 Å². The first-order chi connectivity index (χ1) is 9.45. The van der Waals surface area contributed by atoms with Gasteiger partial charge in [0.15, 0.2) is 0 Å². The normalized spacial score (nSPS) is 12.8. The van der Waals surface area contributed by atoms with Gasteiger partial charge in [-0.15, -0.1) is 12.4 Å². The van der Waals surface area contributed by atoms with Crippen molar-refractivity contribution in [3.8, 4) is 0 Å². The Morgan fingerprint density at radius 1 is 1.24 bits per heavy atom. The minimum absolute atomic E-state index is 0. The molecule has 0 aromatic heterocycles. The smallest absolute Gasteiger partial charge is 0.251 e. The molecule has 1 aromatic carbocycles. The zero-order chi connectivity index (χ0) is 15.1. The van der Waals surface area contributed by atoms with Crippen molar-refractivity contribution in [1.29, 1.82) is 0 Å². The molecule has 1 aromatic rings. The second-order valence-electron chi connectivity index (χ2n) is 4.93. The van der Waals surface area contributed by atoms with Crippen molar-refractivity contribution in [2.24, 2.45) is 11.7 Å². The van der Waals surface area contributed by atoms with E-state index in [2.05, 4.69) is 10.6 Å². The van der Waals surface area contributed by atoms with Crippen molar-refractivity contribution in [2.45, 2.75) is 33.4 Å². The van der Waals surface area contributed by atoms with Gasteiger partial charge in [0.05, 0.1) is 0 Å². The number of hydrogen-bond donors (Lipinski definition) is 3. The van der Waals surface area contributed by atoms with Gasteiger partial charge in [0.2, 0.25) is 5.91 Å². The van der Waals surface area contributed by atoms with Crippen LogP contribution < -0.4 is 16.4 Å². The number of rotatable bonds is 6. The van der Waals surface area contributed by atoms with Gasteiger partial charge in [-0.3, -0.25) is 9.59 Å². The largest absolute Gasteiger partial charge is 0.352 e. The molecule has 0 radical (unpaired) electrons. The van der Waals surface area contributed by atoms with Crippen LogP contribution in [-0.2, 0) is 11.3 Å². The second kappa shape index (κ2) is 9.37. The van der Waals surface area contributed by atoms with E-state index in [1.54, 1.807) is 32.0 Å². The molecule has 6 heteroatoms. The van der Waals surface area contributed by atoms with Crippen molar-refractivity contribution in [1.82, 2.24) is 10.6 Å². The summed E-state index contributed by atoms with van der Waals surface area (Å²) in [5.74, 6) is -0.422. The summed E-state index contributed by atoms with van der Waals surface area (Å²) >= 11 is 0. The van der Waals surface area contributed by atoms with Gasteiger partial charge in [0.25, 0.3) is 5.91 Å². The topological polar surface area (TPSA) is 84.2 Å². The summed E-state index contributed by atoms with van der Waals surface area (Å²) in [5, 5.41) is 5.57. The van der Waals surface area contributed by atoms with Crippen LogP contribution in [0.15, 0.2) is 24.3 Å². The van der Waals surface area contributed by atoms with Crippen LogP contribution in [0.3, 0.4) is 0 Å². The van der Waals surface area contributed by atoms with E-state index < -0.39 is 0 Å². The minimum atomic E-state index is -0.235. The first-order valence-electron chi connectivity index (χ1n) is 6.86. The van der Waals surface area contributed by atoms with E-state index in [1.165, 1.54) is 0 Å². The van der Waals surface area contributed by atoms with Crippen LogP contribution in [0.1, 0.15) is 36.7 Å². The van der Waals surface area contributed by atoms with E-state index in [0.717, 1.165) is 5.56 Å². The van der Waals surface area contributed by atoms with Crippen molar-refractivity contribution >= 4 is 24.2 Å². The first kappa shape index (κ1) is 19.4. The monoisotopic (exact) mass is 313 g/mol. The fourth-order valence-electron chi connectivity index (χ4n) is 1.67. The van der Waals surface area contributed by atoms with E-state index in [4.69, 9.17) is 5.73 Å². The SMILES string of the molecule is CCNC(=O)c1cccc(CNC(=O)C(C)C(C)N)c1.Cl. The lowest BCUT2D eigenvalue weighted by molar-refractivity contribution is -0.125. The maximum atomic E-state index is 11.8. The Bertz CT molecular complexity index is 478. The number of benzene rings is 1. The van der Waals surface area contributed by atoms with Crippen LogP contribution in [0.25, 0.3) is 0 Å². The van der Waals surface area contributed by atoms with Crippen LogP contribution in [0.2, 0.25) is 0 Å². The molecular weight excluding hydrogens is 290 g/mol. The van der Waals surface area contributed by atoms with Gasteiger partial charge < -0.3 is 16.4 Å². The molecule has 118 valence electrons. The van der Waals surface area contributed by atoms with Gasteiger partial charge in [-0.25, -0.2) is 0 Å². The fraction of sp³-hybridized carbons (Fsp3) is 0.467. The fourth-order valence-corrected chi connectivity index (χ4v) is 1.67. The Morgan fingerprint density at radius 2 is 1.90 bits per heavy atom. The summed E-state index contributed by atoms with van der Waals surface area (Å²) in [6.45, 7) is 6.46. The average molecular weight is 314 g/mol. The predicted octanol–water partition coefficient (Wildman–Crippen LogP) is 1.46. The molecule has 2 amide bonds. The van der Waals surface area contributed by atoms with Crippen LogP contribution >= 0.6 is 12.4 Å². The lowest BCUT2D eigenvalue weighted by Crippen LogP contribution is -2.38. The van der Waals surface area contributed by atoms with E-state index in [0.29, 0.717) is 18.7 Å². The third-order valence-corrected chi connectivity index (χ3v) is 3.20. The van der Waals surface area contributed by atoms with Crippen molar-refractivity contribution in [2.75, 3.05) is 6.54 Å². The molecule has 2 atom stereocenters. The summed E-state index contributed by atoms with van der Waals surface area (Å²) in [7, 11) is 0. The molecule has 1 rings (SSSR count). The molecule has 0 aliphatic carbocycles. The number of nitrogens with one attached hydrogen (secondary N) is 2. The predicted molar refractivity (Wildman–Crippen MR) is 86.4 cm³/mol. The minimum Gasteiger partial charge on any atom is -0.352 e. The molecule has 5 nitrogen and oxygen atoms in total. The molecule has 4 N–H and O–H groups in total. The molecule has 0 bridgehead atoms. The van der Waals surface area contributed by atoms with Crippen molar-refractivity contribution in [3.05, 3.63) is 35.4 Å². The number of carbonyl (C=O) groups excluding carboxylic acids is 2. The van der Waals surface area contributed by atoms with Crippen molar-refractivity contribution in [3.63, 3.8) is 0 Å². The Hall–Kier alpha value is -1.59. The highest BCUT2D eigenvalue weighted by Crippen LogP contribution is 2.06. The lowest BCUT2D eigenvalue weighted by atomic mass is 10.0. The van der Waals surface area contributed by atoms with E-state index in [9.17, 15) is 9.59 Å². The molecule has 21 heavy (non-hydrogen) atoms. The van der Waals surface area contributed by atoms with E-state index >= 15 is 0 Å². The molecule has 0 aliphatic rings. The van der Waals surface area contributed by atoms with Gasteiger partial charge in [-0.05, 0) is 31.5 Å². The van der Waals surface area contributed by atoms with Crippen LogP contribution in [-0.4, -0.2) is 24.4 Å². The Labute approximate surface area is 132 Å². The van der Waals surface area contributed by atoms with Gasteiger partial charge >= 0.3 is 0 Å². The molecule has 0 heterocycles. The molecule has 0 aliphatic heterocycles. The number of carbonyl (C=O) groups is 2. The number of halogens is 1. The number of amides is 2. The Kier molecular flexibility index (Phi) is 8.66. The maximum absolute atomic E-state index is 11.8. The third-order valence-electron chi connectivity index (χ3n) is 3.20. The number of hydrogen-bond acceptors (Lipinski definition) is 3. The number of nitrogens with two attached hydrogens (primary N) is 1. The first-order valence-corrected chi connectivity index (χ1v) is 6.86. The summed E-state index contributed by atoms with van der Waals surface area (Å²) in [4.78, 5) is 23.5. The average Bonchev–Trinajstić information content (AvgIpc) is 2.44. The van der Waals surface area contributed by atoms with Gasteiger partial charge in [0, 0.05) is 30.6 Å². The highest BCUT2D eigenvalue weighted by molar-refractivity contribution is 5.94. The molecule has 0 saturated carbocycles. The second-order valence-corrected chi connectivity index (χ2v) is 4.93. The van der Waals surface area contributed by atoms with Crippen LogP contribution in [0.4, 0.5) is 0 Å². The summed E-state index contributed by atoms with van der Waals surface area (Å²) in [6.07, 6.45) is 0. The van der Waals surface area contributed by atoms with Gasteiger partial charge in [-0.1, -0.05) is 19.1 Å². The highest BCUT2D eigenvalue weighted by Gasteiger charge is 2.16. The van der Waals surface area contributed by atoms with Crippen molar-refractivity contribution < 1.29 is 9.59 Å². The summed E-state index contributed by atoms with van der Waals surface area (Å²) in [6, 6.07) is 7.03. The maximum Gasteiger partial charge on any atom is 0.251 e. The molecule has 2 unspecified atom stereocenters.